The summed E-state index contributed by atoms with van der Waals surface area (Å²) in [6, 6.07) is 12.3. The van der Waals surface area contributed by atoms with Gasteiger partial charge in [-0.3, -0.25) is 9.36 Å². The van der Waals surface area contributed by atoms with E-state index in [1.807, 2.05) is 0 Å². The monoisotopic (exact) mass is 646 g/mol. The molecule has 3 heterocycles. The van der Waals surface area contributed by atoms with E-state index >= 15 is 0 Å². The fourth-order valence-electron chi connectivity index (χ4n) is 4.52. The van der Waals surface area contributed by atoms with Crippen LogP contribution in [0.4, 0.5) is 13.2 Å². The van der Waals surface area contributed by atoms with E-state index < -0.39 is 29.3 Å². The lowest BCUT2D eigenvalue weighted by Crippen LogP contribution is -2.39. The number of furan rings is 1. The van der Waals surface area contributed by atoms with E-state index in [1.165, 1.54) is 29.9 Å². The molecule has 0 N–H and O–H groups in total. The van der Waals surface area contributed by atoms with Crippen LogP contribution < -0.4 is 19.6 Å². The summed E-state index contributed by atoms with van der Waals surface area (Å²) in [5.74, 6) is 0.481. The Morgan fingerprint density at radius 1 is 1.20 bits per heavy atom. The Bertz CT molecular complexity index is 1870. The quantitative estimate of drug-likeness (QED) is 0.246. The Morgan fingerprint density at radius 2 is 1.98 bits per heavy atom. The molecule has 0 aliphatic carbocycles. The fraction of sp³-hybridized carbons (Fsp3) is 0.207. The van der Waals surface area contributed by atoms with Gasteiger partial charge in [-0.2, -0.15) is 13.2 Å². The molecule has 41 heavy (non-hydrogen) atoms. The molecule has 7 nitrogen and oxygen atoms in total. The highest BCUT2D eigenvalue weighted by Crippen LogP contribution is 2.35. The molecule has 212 valence electrons. The minimum atomic E-state index is -4.49. The van der Waals surface area contributed by atoms with Gasteiger partial charge in [0.1, 0.15) is 17.3 Å². The maximum Gasteiger partial charge on any atom is 0.416 e. The van der Waals surface area contributed by atoms with Crippen molar-refractivity contribution in [2.75, 3.05) is 13.7 Å². The van der Waals surface area contributed by atoms with Gasteiger partial charge in [-0.25, -0.2) is 9.79 Å². The second-order valence-electron chi connectivity index (χ2n) is 8.98. The topological polar surface area (TPSA) is 83.0 Å². The molecule has 0 spiro atoms. The Kier molecular flexibility index (Phi) is 7.80. The summed E-state index contributed by atoms with van der Waals surface area (Å²) >= 11 is 4.58. The molecule has 1 aliphatic heterocycles. The third kappa shape index (κ3) is 5.53. The molecule has 0 fully saturated rings. The Balaban J connectivity index is 1.62. The van der Waals surface area contributed by atoms with Crippen molar-refractivity contribution in [2.45, 2.75) is 26.1 Å². The van der Waals surface area contributed by atoms with Crippen molar-refractivity contribution >= 4 is 39.3 Å². The summed E-state index contributed by atoms with van der Waals surface area (Å²) in [5.41, 5.74) is 0.315. The summed E-state index contributed by atoms with van der Waals surface area (Å²) in [6.07, 6.45) is -2.98. The van der Waals surface area contributed by atoms with Gasteiger partial charge < -0.3 is 13.9 Å². The first-order valence-electron chi connectivity index (χ1n) is 12.3. The highest BCUT2D eigenvalue weighted by atomic mass is 79.9. The average Bonchev–Trinajstić information content (AvgIpc) is 3.52. The smallest absolute Gasteiger partial charge is 0.416 e. The third-order valence-electron chi connectivity index (χ3n) is 6.38. The zero-order valence-corrected chi connectivity index (χ0v) is 24.3. The number of rotatable bonds is 6. The summed E-state index contributed by atoms with van der Waals surface area (Å²) < 4.78 is 58.3. The number of carbonyl (C=O) groups excluding carboxylic acids is 1. The molecule has 0 amide bonds. The molecule has 12 heteroatoms. The van der Waals surface area contributed by atoms with Crippen LogP contribution in [0.2, 0.25) is 0 Å². The average molecular weight is 647 g/mol. The van der Waals surface area contributed by atoms with Gasteiger partial charge in [0.05, 0.1) is 45.6 Å². The van der Waals surface area contributed by atoms with Crippen molar-refractivity contribution in [1.82, 2.24) is 4.57 Å². The van der Waals surface area contributed by atoms with Crippen molar-refractivity contribution in [3.05, 3.63) is 107 Å². The maximum absolute atomic E-state index is 13.8. The van der Waals surface area contributed by atoms with Gasteiger partial charge in [-0.1, -0.05) is 29.5 Å². The standard InChI is InChI=1S/C29H22BrF3N2O5S/c1-4-39-27(37)24-15(2)34-28-35(25(24)17-8-10-22(38-3)20(30)13-17)26(36)23(41-28)14-19-9-11-21(40-19)16-6-5-7-18(12-16)29(31,32)33/h5-14,25H,4H2,1-3H3/b23-14+/t25-/m1/s1. The summed E-state index contributed by atoms with van der Waals surface area (Å²) in [5, 5.41) is 0. The predicted octanol–water partition coefficient (Wildman–Crippen LogP) is 5.85. The number of benzene rings is 2. The second kappa shape index (κ2) is 11.2. The molecular weight excluding hydrogens is 625 g/mol. The van der Waals surface area contributed by atoms with E-state index in [0.29, 0.717) is 26.3 Å². The van der Waals surface area contributed by atoms with Crippen LogP contribution in [0.25, 0.3) is 17.4 Å². The first-order chi connectivity index (χ1) is 19.5. The minimum Gasteiger partial charge on any atom is -0.496 e. The number of thiazole rings is 1. The van der Waals surface area contributed by atoms with Crippen molar-refractivity contribution in [3.8, 4) is 17.1 Å². The fourth-order valence-corrected chi connectivity index (χ4v) is 6.11. The second-order valence-corrected chi connectivity index (χ2v) is 10.8. The first kappa shape index (κ1) is 28.6. The van der Waals surface area contributed by atoms with Gasteiger partial charge >= 0.3 is 12.1 Å². The molecule has 4 aromatic rings. The van der Waals surface area contributed by atoms with Crippen LogP contribution >= 0.6 is 27.3 Å². The van der Waals surface area contributed by atoms with Crippen molar-refractivity contribution in [3.63, 3.8) is 0 Å². The number of hydrogen-bond acceptors (Lipinski definition) is 7. The summed E-state index contributed by atoms with van der Waals surface area (Å²) in [4.78, 5) is 31.7. The van der Waals surface area contributed by atoms with Crippen LogP contribution in [0.1, 0.15) is 36.8 Å². The SMILES string of the molecule is CCOC(=O)C1=C(C)N=c2s/c(=C/c3ccc(-c4cccc(C(F)(F)F)c4)o3)c(=O)n2[C@@H]1c1ccc(OC)c(Br)c1. The number of alkyl halides is 3. The van der Waals surface area contributed by atoms with Gasteiger partial charge in [0.15, 0.2) is 4.80 Å². The first-order valence-corrected chi connectivity index (χ1v) is 13.9. The Morgan fingerprint density at radius 3 is 2.66 bits per heavy atom. The van der Waals surface area contributed by atoms with Crippen molar-refractivity contribution < 1.29 is 31.9 Å². The van der Waals surface area contributed by atoms with Crippen LogP contribution in [-0.2, 0) is 15.7 Å². The normalized spacial score (nSPS) is 15.5. The largest absolute Gasteiger partial charge is 0.496 e. The van der Waals surface area contributed by atoms with E-state index in [0.717, 1.165) is 23.5 Å². The van der Waals surface area contributed by atoms with Gasteiger partial charge in [0, 0.05) is 11.6 Å². The predicted molar refractivity (Wildman–Crippen MR) is 150 cm³/mol. The lowest BCUT2D eigenvalue weighted by atomic mass is 9.96. The van der Waals surface area contributed by atoms with E-state index in [2.05, 4.69) is 20.9 Å². The van der Waals surface area contributed by atoms with E-state index in [-0.39, 0.29) is 33.8 Å². The minimum absolute atomic E-state index is 0.145. The van der Waals surface area contributed by atoms with Crippen molar-refractivity contribution in [2.24, 2.45) is 4.99 Å². The Hall–Kier alpha value is -3.90. The molecular formula is C29H22BrF3N2O5S. The molecule has 0 radical (unpaired) electrons. The van der Waals surface area contributed by atoms with E-state index in [1.54, 1.807) is 44.2 Å². The van der Waals surface area contributed by atoms with Gasteiger partial charge in [-0.05, 0) is 71.7 Å². The molecule has 0 bridgehead atoms. The molecule has 5 rings (SSSR count). The number of esters is 1. The number of aromatic nitrogens is 1. The molecule has 1 aliphatic rings. The van der Waals surface area contributed by atoms with Gasteiger partial charge in [0.25, 0.3) is 5.56 Å². The zero-order valence-electron chi connectivity index (χ0n) is 21.9. The molecule has 2 aromatic carbocycles. The van der Waals surface area contributed by atoms with Gasteiger partial charge in [-0.15, -0.1) is 0 Å². The van der Waals surface area contributed by atoms with Gasteiger partial charge in [0.2, 0.25) is 0 Å². The third-order valence-corrected chi connectivity index (χ3v) is 7.99. The van der Waals surface area contributed by atoms with E-state index in [4.69, 9.17) is 13.9 Å². The molecule has 0 unspecified atom stereocenters. The molecule has 1 atom stereocenters. The highest BCUT2D eigenvalue weighted by Gasteiger charge is 2.34. The van der Waals surface area contributed by atoms with Crippen LogP contribution in [0.3, 0.4) is 0 Å². The molecule has 0 saturated carbocycles. The number of nitrogens with zero attached hydrogens (tertiary/aromatic N) is 2. The van der Waals surface area contributed by atoms with Crippen LogP contribution in [0, 0.1) is 0 Å². The van der Waals surface area contributed by atoms with Crippen molar-refractivity contribution in [1.29, 1.82) is 0 Å². The number of fused-ring (bicyclic) bond motifs is 1. The number of methoxy groups -OCH3 is 1. The maximum atomic E-state index is 13.8. The van der Waals surface area contributed by atoms with Crippen LogP contribution in [0.5, 0.6) is 5.75 Å². The lowest BCUT2D eigenvalue weighted by Gasteiger charge is -2.25. The van der Waals surface area contributed by atoms with Crippen LogP contribution in [0.15, 0.2) is 84.5 Å². The van der Waals surface area contributed by atoms with Crippen LogP contribution in [-0.4, -0.2) is 24.3 Å². The van der Waals surface area contributed by atoms with E-state index in [9.17, 15) is 22.8 Å². The number of halogens is 4. The molecule has 0 saturated heterocycles. The lowest BCUT2D eigenvalue weighted by molar-refractivity contribution is -0.139. The number of ether oxygens (including phenoxy) is 2. The number of carbonyl (C=O) groups is 1. The highest BCUT2D eigenvalue weighted by molar-refractivity contribution is 9.10. The summed E-state index contributed by atoms with van der Waals surface area (Å²) in [6.45, 7) is 3.52. The zero-order chi connectivity index (χ0) is 29.5. The molecule has 2 aromatic heterocycles. The Labute approximate surface area is 244 Å². The number of hydrogen-bond donors (Lipinski definition) is 0. The number of allylic oxidation sites excluding steroid dienone is 1. The summed E-state index contributed by atoms with van der Waals surface area (Å²) in [7, 11) is 1.53.